The van der Waals surface area contributed by atoms with Gasteiger partial charge in [-0.1, -0.05) is 92.0 Å². The topological polar surface area (TPSA) is 68.7 Å². The molecular formula is C26H35Cl3N2O4S3Si. The highest BCUT2D eigenvalue weighted by molar-refractivity contribution is 8.77. The fourth-order valence-electron chi connectivity index (χ4n) is 5.02. The van der Waals surface area contributed by atoms with Crippen LogP contribution < -0.4 is 0 Å². The number of benzene rings is 1. The number of ether oxygens (including phenoxy) is 1. The molecule has 0 aliphatic carbocycles. The van der Waals surface area contributed by atoms with Crippen LogP contribution in [0.4, 0.5) is 0 Å². The van der Waals surface area contributed by atoms with E-state index in [2.05, 4.69) is 47.4 Å². The lowest BCUT2D eigenvalue weighted by Gasteiger charge is -2.60. The highest BCUT2D eigenvalue weighted by Gasteiger charge is 2.65. The van der Waals surface area contributed by atoms with E-state index in [0.29, 0.717) is 12.0 Å². The van der Waals surface area contributed by atoms with Crippen molar-refractivity contribution in [2.75, 3.05) is 6.61 Å². The minimum Gasteiger partial charge on any atom is -0.459 e. The summed E-state index contributed by atoms with van der Waals surface area (Å²) in [6.07, 6.45) is 0.643. The number of aromatic nitrogens is 1. The van der Waals surface area contributed by atoms with Crippen LogP contribution in [0.3, 0.4) is 0 Å². The van der Waals surface area contributed by atoms with E-state index in [1.165, 1.54) is 21.6 Å². The van der Waals surface area contributed by atoms with E-state index in [-0.39, 0.29) is 11.3 Å². The smallest absolute Gasteiger partial charge is 0.333 e. The monoisotopic (exact) mass is 668 g/mol. The number of hydrogen-bond donors (Lipinski definition) is 0. The first-order valence-electron chi connectivity index (χ1n) is 12.6. The van der Waals surface area contributed by atoms with Gasteiger partial charge in [0, 0.05) is 0 Å². The van der Waals surface area contributed by atoms with Gasteiger partial charge in [0.1, 0.15) is 12.0 Å². The molecular weight excluding hydrogens is 635 g/mol. The van der Waals surface area contributed by atoms with Gasteiger partial charge in [0.15, 0.2) is 19.4 Å². The van der Waals surface area contributed by atoms with E-state index < -0.39 is 48.3 Å². The Balaban J connectivity index is 2.02. The van der Waals surface area contributed by atoms with Crippen LogP contribution in [0.5, 0.6) is 0 Å². The molecule has 2 aromatic rings. The molecule has 3 rings (SSSR count). The van der Waals surface area contributed by atoms with Gasteiger partial charge in [0.05, 0.1) is 21.7 Å². The number of likely N-dealkylation sites (tertiary alicyclic amines) is 1. The summed E-state index contributed by atoms with van der Waals surface area (Å²) in [6, 6.07) is 6.92. The average molecular weight is 670 g/mol. The molecule has 2 unspecified atom stereocenters. The molecule has 1 fully saturated rings. The number of fused-ring (bicyclic) bond motifs is 1. The van der Waals surface area contributed by atoms with Crippen LogP contribution in [0.25, 0.3) is 10.2 Å². The van der Waals surface area contributed by atoms with Crippen molar-refractivity contribution < 1.29 is 18.8 Å². The van der Waals surface area contributed by atoms with Crippen molar-refractivity contribution in [3.8, 4) is 0 Å². The Morgan fingerprint density at radius 3 is 2.41 bits per heavy atom. The van der Waals surface area contributed by atoms with E-state index in [0.717, 1.165) is 14.6 Å². The molecule has 216 valence electrons. The molecule has 39 heavy (non-hydrogen) atoms. The zero-order chi connectivity index (χ0) is 29.3. The first kappa shape index (κ1) is 33.0. The fraction of sp³-hybridized carbons (Fsp3) is 0.577. The highest BCUT2D eigenvalue weighted by atomic mass is 35.6. The maximum absolute atomic E-state index is 14.1. The normalized spacial score (nSPS) is 20.6. The maximum atomic E-state index is 14.1. The lowest BCUT2D eigenvalue weighted by Crippen LogP contribution is -2.74. The fourth-order valence-corrected chi connectivity index (χ4v) is 10.8. The van der Waals surface area contributed by atoms with Crippen molar-refractivity contribution in [2.45, 2.75) is 79.3 Å². The molecule has 1 aromatic carbocycles. The SMILES string of the molecule is C=C(C)C(C(=O)OCC(Cl)(Cl)Cl)N1C(=O)[C@@H](C(CC)(O[SiH](C)C)C(C)(C)C)[C@H]1SSc1nc2ccccc2s1. The number of rotatable bonds is 11. The van der Waals surface area contributed by atoms with Gasteiger partial charge in [-0.2, -0.15) is 0 Å². The molecule has 1 amide bonds. The Morgan fingerprint density at radius 2 is 1.90 bits per heavy atom. The maximum Gasteiger partial charge on any atom is 0.333 e. The van der Waals surface area contributed by atoms with Gasteiger partial charge in [-0.25, -0.2) is 9.78 Å². The van der Waals surface area contributed by atoms with Crippen LogP contribution in [0.1, 0.15) is 41.0 Å². The summed E-state index contributed by atoms with van der Waals surface area (Å²) < 4.78 is 12.3. The Morgan fingerprint density at radius 1 is 1.26 bits per heavy atom. The van der Waals surface area contributed by atoms with E-state index in [1.807, 2.05) is 24.3 Å². The van der Waals surface area contributed by atoms with Crippen molar-refractivity contribution in [3.63, 3.8) is 0 Å². The Hall–Kier alpha value is -0.463. The third-order valence-electron chi connectivity index (χ3n) is 6.66. The second-order valence-electron chi connectivity index (χ2n) is 10.9. The number of para-hydroxylation sites is 1. The number of halogens is 3. The second kappa shape index (κ2) is 12.8. The summed E-state index contributed by atoms with van der Waals surface area (Å²) in [7, 11) is 1.43. The molecule has 0 N–H and O–H groups in total. The Labute approximate surface area is 259 Å². The number of esters is 1. The Kier molecular flexibility index (Phi) is 10.9. The molecule has 0 bridgehead atoms. The predicted octanol–water partition coefficient (Wildman–Crippen LogP) is 7.87. The lowest BCUT2D eigenvalue weighted by atomic mass is 9.64. The van der Waals surface area contributed by atoms with Crippen LogP contribution >= 0.6 is 67.7 Å². The zero-order valence-electron chi connectivity index (χ0n) is 23.1. The second-order valence-corrected chi connectivity index (χ2v) is 19.3. The first-order valence-corrected chi connectivity index (χ1v) is 19.5. The molecule has 0 saturated carbocycles. The summed E-state index contributed by atoms with van der Waals surface area (Å²) in [5, 5.41) is -0.413. The summed E-state index contributed by atoms with van der Waals surface area (Å²) >= 11 is 19.1. The van der Waals surface area contributed by atoms with Crippen LogP contribution in [0, 0.1) is 11.3 Å². The minimum absolute atomic E-state index is 0.178. The van der Waals surface area contributed by atoms with Crippen molar-refractivity contribution >= 4 is 98.9 Å². The number of hydrogen-bond acceptors (Lipinski definition) is 8. The van der Waals surface area contributed by atoms with Crippen molar-refractivity contribution in [3.05, 3.63) is 36.4 Å². The number of β-lactam (4-membered cyclic amide) rings is 1. The van der Waals surface area contributed by atoms with Gasteiger partial charge in [-0.15, -0.1) is 11.3 Å². The van der Waals surface area contributed by atoms with E-state index >= 15 is 0 Å². The quantitative estimate of drug-likeness (QED) is 0.0602. The molecule has 1 aliphatic rings. The lowest BCUT2D eigenvalue weighted by molar-refractivity contribution is -0.188. The Bertz CT molecular complexity index is 1180. The van der Waals surface area contributed by atoms with Gasteiger partial charge in [0.25, 0.3) is 0 Å². The largest absolute Gasteiger partial charge is 0.459 e. The van der Waals surface area contributed by atoms with Gasteiger partial charge in [-0.3, -0.25) is 4.79 Å². The third kappa shape index (κ3) is 7.31. The molecule has 0 spiro atoms. The van der Waals surface area contributed by atoms with E-state index in [4.69, 9.17) is 48.9 Å². The van der Waals surface area contributed by atoms with E-state index in [1.54, 1.807) is 23.2 Å². The van der Waals surface area contributed by atoms with E-state index in [9.17, 15) is 9.59 Å². The van der Waals surface area contributed by atoms with Crippen LogP contribution in [-0.4, -0.2) is 58.2 Å². The predicted molar refractivity (Wildman–Crippen MR) is 169 cm³/mol. The number of nitrogens with zero attached hydrogens (tertiary/aromatic N) is 2. The van der Waals surface area contributed by atoms with Gasteiger partial charge >= 0.3 is 5.97 Å². The van der Waals surface area contributed by atoms with Gasteiger partial charge < -0.3 is 14.1 Å². The molecule has 6 nitrogen and oxygen atoms in total. The highest BCUT2D eigenvalue weighted by Crippen LogP contribution is 2.56. The van der Waals surface area contributed by atoms with Crippen LogP contribution in [0.2, 0.25) is 13.1 Å². The number of carbonyl (C=O) groups excluding carboxylic acids is 2. The van der Waals surface area contributed by atoms with Crippen molar-refractivity contribution in [2.24, 2.45) is 11.3 Å². The number of thiazole rings is 1. The number of carbonyl (C=O) groups is 2. The zero-order valence-corrected chi connectivity index (χ0v) is 29.0. The third-order valence-corrected chi connectivity index (χ3v) is 11.9. The number of amides is 1. The molecule has 1 aromatic heterocycles. The van der Waals surface area contributed by atoms with Crippen LogP contribution in [-0.2, 0) is 18.8 Å². The first-order chi connectivity index (χ1) is 18.0. The van der Waals surface area contributed by atoms with Crippen molar-refractivity contribution in [1.82, 2.24) is 9.88 Å². The average Bonchev–Trinajstić information content (AvgIpc) is 3.23. The molecule has 1 aliphatic heterocycles. The summed E-state index contributed by atoms with van der Waals surface area (Å²) in [4.78, 5) is 33.7. The minimum atomic E-state index is -1.77. The molecule has 1 saturated heterocycles. The van der Waals surface area contributed by atoms with Gasteiger partial charge in [0.2, 0.25) is 9.70 Å². The number of alkyl halides is 3. The molecule has 4 atom stereocenters. The molecule has 2 heterocycles. The molecule has 0 radical (unpaired) electrons. The standard InChI is InChI=1S/C26H35Cl3N2O4S3Si/c1-9-25(24(4,5)6,35-39(7)8)18-20(32)31(19(15(2)3)22(33)34-14-26(27,28)29)21(18)37-38-23-30-16-12-10-11-13-17(16)36-23/h10-13,18-19,21,39H,2,9,14H2,1,3-8H3/t18-,19?,21-,25?/m1/s1. The van der Waals surface area contributed by atoms with Crippen LogP contribution in [0.15, 0.2) is 40.8 Å². The van der Waals surface area contributed by atoms with Crippen molar-refractivity contribution in [1.29, 1.82) is 0 Å². The summed E-state index contributed by atoms with van der Waals surface area (Å²) in [5.41, 5.74) is 0.308. The van der Waals surface area contributed by atoms with Gasteiger partial charge in [-0.05, 0) is 60.4 Å². The summed E-state index contributed by atoms with van der Waals surface area (Å²) in [6.45, 7) is 17.9. The summed E-state index contributed by atoms with van der Waals surface area (Å²) in [5.74, 6) is -1.36. The molecule has 13 heteroatoms.